The van der Waals surface area contributed by atoms with Crippen LogP contribution in [0, 0.1) is 0 Å². The standard InChI is InChI=1S/C28H15Br2N/c29-17-8-10-26-23(13-17)24-14-18(30)9-11-27(24)31(26)19-12-16-4-3-7-22-20-5-1-2-6-21(20)25(15-19)28(16)22/h1-15H. The van der Waals surface area contributed by atoms with Crippen LogP contribution in [0.2, 0.25) is 0 Å². The van der Waals surface area contributed by atoms with Crippen LogP contribution >= 0.6 is 31.9 Å². The summed E-state index contributed by atoms with van der Waals surface area (Å²) in [6, 6.07) is 33.2. The highest BCUT2D eigenvalue weighted by Crippen LogP contribution is 2.48. The molecular formula is C28H15Br2N. The van der Waals surface area contributed by atoms with Crippen molar-refractivity contribution in [2.24, 2.45) is 0 Å². The molecule has 146 valence electrons. The van der Waals surface area contributed by atoms with Gasteiger partial charge in [0.15, 0.2) is 0 Å². The van der Waals surface area contributed by atoms with Crippen LogP contribution in [0.25, 0.3) is 60.5 Å². The zero-order valence-electron chi connectivity index (χ0n) is 16.4. The first kappa shape index (κ1) is 17.8. The molecule has 0 aliphatic heterocycles. The van der Waals surface area contributed by atoms with Crippen molar-refractivity contribution >= 4 is 64.4 Å². The molecule has 0 N–H and O–H groups in total. The van der Waals surface area contributed by atoms with Crippen molar-refractivity contribution < 1.29 is 0 Å². The van der Waals surface area contributed by atoms with Crippen LogP contribution in [0.4, 0.5) is 0 Å². The highest BCUT2D eigenvalue weighted by molar-refractivity contribution is 9.10. The average molecular weight is 525 g/mol. The number of aromatic nitrogens is 1. The predicted octanol–water partition coefficient (Wildman–Crippen LogP) is 9.11. The molecule has 3 heteroatoms. The molecule has 0 bridgehead atoms. The Kier molecular flexibility index (Phi) is 3.62. The van der Waals surface area contributed by atoms with Gasteiger partial charge >= 0.3 is 0 Å². The minimum Gasteiger partial charge on any atom is -0.309 e. The number of hydrogen-bond acceptors (Lipinski definition) is 0. The molecule has 0 fully saturated rings. The van der Waals surface area contributed by atoms with Gasteiger partial charge in [-0.1, -0.05) is 74.3 Å². The number of halogens is 2. The Morgan fingerprint density at radius 2 is 1.13 bits per heavy atom. The molecule has 5 aromatic carbocycles. The Hall–Kier alpha value is -2.88. The van der Waals surface area contributed by atoms with Gasteiger partial charge in [-0.2, -0.15) is 0 Å². The number of hydrogen-bond donors (Lipinski definition) is 0. The lowest BCUT2D eigenvalue weighted by Gasteiger charge is -2.12. The summed E-state index contributed by atoms with van der Waals surface area (Å²) in [6.45, 7) is 0. The Morgan fingerprint density at radius 1 is 0.516 bits per heavy atom. The number of fused-ring (bicyclic) bond motifs is 6. The summed E-state index contributed by atoms with van der Waals surface area (Å²) in [5.41, 5.74) is 8.93. The van der Waals surface area contributed by atoms with Gasteiger partial charge in [-0.25, -0.2) is 0 Å². The highest BCUT2D eigenvalue weighted by atomic mass is 79.9. The first-order valence-electron chi connectivity index (χ1n) is 10.3. The Balaban J connectivity index is 1.64. The van der Waals surface area contributed by atoms with Crippen LogP contribution in [-0.2, 0) is 0 Å². The van der Waals surface area contributed by atoms with Gasteiger partial charge in [0.2, 0.25) is 0 Å². The molecule has 0 spiro atoms. The van der Waals surface area contributed by atoms with Crippen LogP contribution < -0.4 is 0 Å². The van der Waals surface area contributed by atoms with E-state index in [9.17, 15) is 0 Å². The Labute approximate surface area is 196 Å². The third-order valence-electron chi connectivity index (χ3n) is 6.42. The van der Waals surface area contributed by atoms with E-state index in [1.54, 1.807) is 0 Å². The molecule has 31 heavy (non-hydrogen) atoms. The first-order valence-corrected chi connectivity index (χ1v) is 11.8. The number of rotatable bonds is 1. The third-order valence-corrected chi connectivity index (χ3v) is 7.40. The second kappa shape index (κ2) is 6.32. The smallest absolute Gasteiger partial charge is 0.0541 e. The summed E-state index contributed by atoms with van der Waals surface area (Å²) in [7, 11) is 0. The molecule has 1 aliphatic rings. The lowest BCUT2D eigenvalue weighted by Crippen LogP contribution is -1.94. The molecule has 0 unspecified atom stereocenters. The maximum Gasteiger partial charge on any atom is 0.0541 e. The maximum absolute atomic E-state index is 3.66. The molecule has 1 aromatic heterocycles. The minimum absolute atomic E-state index is 1.09. The Morgan fingerprint density at radius 3 is 1.81 bits per heavy atom. The molecule has 0 saturated heterocycles. The van der Waals surface area contributed by atoms with Gasteiger partial charge in [-0.15, -0.1) is 0 Å². The van der Waals surface area contributed by atoms with Crippen LogP contribution in [0.1, 0.15) is 0 Å². The minimum atomic E-state index is 1.09. The zero-order chi connectivity index (χ0) is 20.7. The van der Waals surface area contributed by atoms with E-state index in [-0.39, 0.29) is 0 Å². The predicted molar refractivity (Wildman–Crippen MR) is 138 cm³/mol. The van der Waals surface area contributed by atoms with Crippen LogP contribution in [0.3, 0.4) is 0 Å². The molecule has 1 aliphatic carbocycles. The molecule has 0 amide bonds. The summed E-state index contributed by atoms with van der Waals surface area (Å²) < 4.78 is 4.58. The number of benzene rings is 5. The van der Waals surface area contributed by atoms with Gasteiger partial charge < -0.3 is 4.57 Å². The van der Waals surface area contributed by atoms with Crippen molar-refractivity contribution in [2.45, 2.75) is 0 Å². The topological polar surface area (TPSA) is 4.93 Å². The molecule has 0 saturated carbocycles. The van der Waals surface area contributed by atoms with Crippen molar-refractivity contribution in [3.63, 3.8) is 0 Å². The van der Waals surface area contributed by atoms with Crippen LogP contribution in [0.15, 0.2) is 99.9 Å². The van der Waals surface area contributed by atoms with E-state index in [4.69, 9.17) is 0 Å². The van der Waals surface area contributed by atoms with E-state index in [1.807, 2.05) is 0 Å². The van der Waals surface area contributed by atoms with Gasteiger partial charge in [0.05, 0.1) is 11.0 Å². The van der Waals surface area contributed by atoms with E-state index in [2.05, 4.69) is 127 Å². The summed E-state index contributed by atoms with van der Waals surface area (Å²) in [5.74, 6) is 0. The second-order valence-corrected chi connectivity index (χ2v) is 9.93. The van der Waals surface area contributed by atoms with Crippen LogP contribution in [0.5, 0.6) is 0 Å². The fourth-order valence-electron chi connectivity index (χ4n) is 5.18. The van der Waals surface area contributed by atoms with Crippen molar-refractivity contribution in [1.82, 2.24) is 4.57 Å². The van der Waals surface area contributed by atoms with Gasteiger partial charge in [0, 0.05) is 25.4 Å². The van der Waals surface area contributed by atoms with Gasteiger partial charge in [-0.05, 0) is 81.6 Å². The van der Waals surface area contributed by atoms with Gasteiger partial charge in [-0.3, -0.25) is 0 Å². The SMILES string of the molecule is Brc1ccc2c(c1)c1cc(Br)ccc1n2-c1cc2c3c(cccc3c1)-c1ccccc1-2. The van der Waals surface area contributed by atoms with Gasteiger partial charge in [0.1, 0.15) is 0 Å². The molecule has 1 nitrogen and oxygen atoms in total. The molecule has 0 atom stereocenters. The first-order chi connectivity index (χ1) is 15.2. The second-order valence-electron chi connectivity index (χ2n) is 8.10. The van der Waals surface area contributed by atoms with E-state index >= 15 is 0 Å². The van der Waals surface area contributed by atoms with Crippen molar-refractivity contribution in [3.8, 4) is 27.9 Å². The number of nitrogens with zero attached hydrogens (tertiary/aromatic N) is 1. The Bertz CT molecular complexity index is 1650. The van der Waals surface area contributed by atoms with E-state index < -0.39 is 0 Å². The lowest BCUT2D eigenvalue weighted by molar-refractivity contribution is 1.19. The summed E-state index contributed by atoms with van der Waals surface area (Å²) >= 11 is 7.32. The highest BCUT2D eigenvalue weighted by Gasteiger charge is 2.22. The summed E-state index contributed by atoms with van der Waals surface area (Å²) in [5, 5.41) is 5.14. The molecular weight excluding hydrogens is 510 g/mol. The van der Waals surface area contributed by atoms with Gasteiger partial charge in [0.25, 0.3) is 0 Å². The average Bonchev–Trinajstić information content (AvgIpc) is 3.28. The van der Waals surface area contributed by atoms with E-state index in [0.29, 0.717) is 0 Å². The van der Waals surface area contributed by atoms with E-state index in [0.717, 1.165) is 8.95 Å². The zero-order valence-corrected chi connectivity index (χ0v) is 19.5. The quantitative estimate of drug-likeness (QED) is 0.202. The molecule has 7 rings (SSSR count). The maximum atomic E-state index is 3.66. The molecule has 0 radical (unpaired) electrons. The largest absolute Gasteiger partial charge is 0.309 e. The third kappa shape index (κ3) is 2.42. The molecule has 6 aromatic rings. The molecule has 1 heterocycles. The van der Waals surface area contributed by atoms with E-state index in [1.165, 1.54) is 60.5 Å². The monoisotopic (exact) mass is 523 g/mol. The normalized spacial score (nSPS) is 12.2. The fourth-order valence-corrected chi connectivity index (χ4v) is 5.90. The van der Waals surface area contributed by atoms with Crippen molar-refractivity contribution in [2.75, 3.05) is 0 Å². The van der Waals surface area contributed by atoms with Crippen molar-refractivity contribution in [1.29, 1.82) is 0 Å². The fraction of sp³-hybridized carbons (Fsp3) is 0. The summed E-state index contributed by atoms with van der Waals surface area (Å²) in [6.07, 6.45) is 0. The summed E-state index contributed by atoms with van der Waals surface area (Å²) in [4.78, 5) is 0. The lowest BCUT2D eigenvalue weighted by atomic mass is 10.0. The van der Waals surface area contributed by atoms with Crippen molar-refractivity contribution in [3.05, 3.63) is 99.9 Å². The van der Waals surface area contributed by atoms with Crippen LogP contribution in [-0.4, -0.2) is 4.57 Å².